The topological polar surface area (TPSA) is 177 Å². The zero-order chi connectivity index (χ0) is 32.6. The highest BCUT2D eigenvalue weighted by Gasteiger charge is 2.38. The first kappa shape index (κ1) is 31.2. The number of phenols is 1. The van der Waals surface area contributed by atoms with E-state index < -0.39 is 39.9 Å². The average Bonchev–Trinajstić information content (AvgIpc) is 3.28. The molecule has 0 aliphatic carbocycles. The van der Waals surface area contributed by atoms with Crippen LogP contribution in [0.15, 0.2) is 48.5 Å². The number of carbonyl (C=O) groups excluding carboxylic acids is 4. The Morgan fingerprint density at radius 2 is 1.70 bits per heavy atom. The summed E-state index contributed by atoms with van der Waals surface area (Å²) in [4.78, 5) is 49.8. The summed E-state index contributed by atoms with van der Waals surface area (Å²) < 4.78 is 41.9. The van der Waals surface area contributed by atoms with Crippen LogP contribution in [0.4, 0.5) is 21.5 Å². The minimum Gasteiger partial charge on any atom is -0.506 e. The van der Waals surface area contributed by atoms with Gasteiger partial charge in [0.2, 0.25) is 17.7 Å². The third kappa shape index (κ3) is 6.60. The Morgan fingerprint density at radius 3 is 2.37 bits per heavy atom. The van der Waals surface area contributed by atoms with E-state index in [-0.39, 0.29) is 41.0 Å². The molecule has 46 heavy (non-hydrogen) atoms. The average molecular weight is 653 g/mol. The maximum atomic E-state index is 15.3. The quantitative estimate of drug-likeness (QED) is 0.228. The van der Waals surface area contributed by atoms with Gasteiger partial charge in [0.15, 0.2) is 5.82 Å². The first-order valence-corrected chi connectivity index (χ1v) is 16.4. The molecule has 3 aromatic carbocycles. The molecule has 5 N–H and O–H groups in total. The largest absolute Gasteiger partial charge is 0.506 e. The maximum absolute atomic E-state index is 15.3. The Balaban J connectivity index is 1.00. The third-order valence-electron chi connectivity index (χ3n) is 8.63. The first-order valence-electron chi connectivity index (χ1n) is 14.9. The van der Waals surface area contributed by atoms with E-state index in [0.717, 1.165) is 31.6 Å². The molecule has 0 radical (unpaired) electrons. The molecule has 3 aliphatic heterocycles. The van der Waals surface area contributed by atoms with Gasteiger partial charge in [0.25, 0.3) is 5.91 Å². The van der Waals surface area contributed by atoms with Crippen molar-refractivity contribution in [1.82, 2.24) is 14.9 Å². The lowest BCUT2D eigenvalue weighted by Gasteiger charge is -2.31. The number of amides is 4. The van der Waals surface area contributed by atoms with Gasteiger partial charge in [-0.15, -0.1) is 0 Å². The number of aromatic hydroxyl groups is 1. The normalized spacial score (nSPS) is 20.4. The number of hydrogen-bond acceptors (Lipinski definition) is 9. The van der Waals surface area contributed by atoms with Crippen molar-refractivity contribution >= 4 is 61.7 Å². The van der Waals surface area contributed by atoms with E-state index in [4.69, 9.17) is 0 Å². The van der Waals surface area contributed by atoms with Gasteiger partial charge in [0, 0.05) is 29.7 Å². The SMILES string of the molecule is O=C1CCC(CNc2ccc(C3CCN(CC(=O)Nc4ccc5c(F)c(N6CC(=O)NS6(=O)=O)c(O)cc5c4)CC3)cc2)C(=O)N1. The van der Waals surface area contributed by atoms with Gasteiger partial charge in [-0.2, -0.15) is 8.42 Å². The number of likely N-dealkylation sites (tertiary alicyclic amines) is 1. The van der Waals surface area contributed by atoms with Gasteiger partial charge in [-0.1, -0.05) is 12.1 Å². The molecule has 3 aliphatic rings. The van der Waals surface area contributed by atoms with E-state index in [1.165, 1.54) is 29.8 Å². The molecule has 1 atom stereocenters. The summed E-state index contributed by atoms with van der Waals surface area (Å²) in [5.41, 5.74) is 1.87. The Labute approximate surface area is 264 Å². The number of rotatable bonds is 8. The lowest BCUT2D eigenvalue weighted by Crippen LogP contribution is -2.43. The van der Waals surface area contributed by atoms with Crippen molar-refractivity contribution < 1.29 is 37.1 Å². The van der Waals surface area contributed by atoms with Gasteiger partial charge >= 0.3 is 10.2 Å². The van der Waals surface area contributed by atoms with E-state index in [1.807, 2.05) is 12.1 Å². The molecule has 3 fully saturated rings. The second kappa shape index (κ2) is 12.6. The molecule has 0 bridgehead atoms. The van der Waals surface area contributed by atoms with Crippen LogP contribution in [0.1, 0.15) is 37.2 Å². The van der Waals surface area contributed by atoms with E-state index in [0.29, 0.717) is 35.3 Å². The van der Waals surface area contributed by atoms with Crippen LogP contribution in [0, 0.1) is 11.7 Å². The van der Waals surface area contributed by atoms with Crippen molar-refractivity contribution in [3.05, 3.63) is 59.9 Å². The molecule has 3 saturated heterocycles. The monoisotopic (exact) mass is 652 g/mol. The number of halogens is 1. The third-order valence-corrected chi connectivity index (χ3v) is 10.0. The Morgan fingerprint density at radius 1 is 0.978 bits per heavy atom. The predicted octanol–water partition coefficient (Wildman–Crippen LogP) is 2.15. The number of fused-ring (bicyclic) bond motifs is 1. The Hall–Kier alpha value is -4.76. The summed E-state index contributed by atoms with van der Waals surface area (Å²) in [6, 6.07) is 13.7. The summed E-state index contributed by atoms with van der Waals surface area (Å²) >= 11 is 0. The van der Waals surface area contributed by atoms with Gasteiger partial charge in [0.1, 0.15) is 18.0 Å². The molecule has 13 nitrogen and oxygen atoms in total. The molecule has 0 spiro atoms. The molecular weight excluding hydrogens is 619 g/mol. The Bertz CT molecular complexity index is 1830. The fraction of sp³-hybridized carbons (Fsp3) is 0.355. The van der Waals surface area contributed by atoms with E-state index in [1.54, 1.807) is 4.72 Å². The van der Waals surface area contributed by atoms with Crippen LogP contribution >= 0.6 is 0 Å². The zero-order valence-electron chi connectivity index (χ0n) is 24.7. The predicted molar refractivity (Wildman–Crippen MR) is 168 cm³/mol. The maximum Gasteiger partial charge on any atom is 0.326 e. The molecule has 3 aromatic rings. The van der Waals surface area contributed by atoms with Crippen molar-refractivity contribution in [2.45, 2.75) is 31.6 Å². The van der Waals surface area contributed by atoms with Crippen LogP contribution < -0.4 is 25.0 Å². The van der Waals surface area contributed by atoms with E-state index in [2.05, 4.69) is 33.0 Å². The van der Waals surface area contributed by atoms with Crippen LogP contribution in [0.3, 0.4) is 0 Å². The number of phenolic OH excluding ortho intramolecular Hbond substituents is 1. The number of imide groups is 1. The van der Waals surface area contributed by atoms with Crippen molar-refractivity contribution in [3.8, 4) is 5.75 Å². The molecule has 4 amide bonds. The zero-order valence-corrected chi connectivity index (χ0v) is 25.5. The number of anilines is 3. The van der Waals surface area contributed by atoms with Crippen LogP contribution in [0.25, 0.3) is 10.8 Å². The van der Waals surface area contributed by atoms with Gasteiger partial charge in [-0.05, 0) is 85.6 Å². The number of hydrogen-bond donors (Lipinski definition) is 5. The van der Waals surface area contributed by atoms with Gasteiger partial charge in [-0.3, -0.25) is 29.4 Å². The molecule has 0 aromatic heterocycles. The van der Waals surface area contributed by atoms with Crippen molar-refractivity contribution in [2.75, 3.05) is 47.7 Å². The standard InChI is InChI=1S/C31H33FN6O7S/c32-29-24-7-6-23(13-21(24)14-25(39)30(29)38-17-28(42)36-46(38,44)45)34-27(41)16-37-11-9-19(10-12-37)18-1-4-22(5-2-18)33-15-20-3-8-26(40)35-31(20)43/h1-2,4-7,13-14,19-20,33,39H,3,8-12,15-17H2,(H,34,41)(H,36,42)(H,35,40,43). The Kier molecular flexibility index (Phi) is 8.53. The fourth-order valence-electron chi connectivity index (χ4n) is 6.17. The molecule has 242 valence electrons. The van der Waals surface area contributed by atoms with E-state index in [9.17, 15) is 32.7 Å². The van der Waals surface area contributed by atoms with Crippen LogP contribution in [-0.2, 0) is 29.4 Å². The van der Waals surface area contributed by atoms with Gasteiger partial charge in [-0.25, -0.2) is 13.4 Å². The summed E-state index contributed by atoms with van der Waals surface area (Å²) in [6.45, 7) is 1.43. The molecule has 1 unspecified atom stereocenters. The van der Waals surface area contributed by atoms with Crippen molar-refractivity contribution in [2.24, 2.45) is 5.92 Å². The minimum atomic E-state index is -4.32. The number of benzene rings is 3. The van der Waals surface area contributed by atoms with Crippen LogP contribution in [-0.4, -0.2) is 74.8 Å². The van der Waals surface area contributed by atoms with Crippen LogP contribution in [0.5, 0.6) is 5.75 Å². The molecule has 0 saturated carbocycles. The van der Waals surface area contributed by atoms with Crippen molar-refractivity contribution in [3.63, 3.8) is 0 Å². The number of piperidine rings is 2. The summed E-state index contributed by atoms with van der Waals surface area (Å²) in [5.74, 6) is -3.10. The summed E-state index contributed by atoms with van der Waals surface area (Å²) in [5, 5.41) is 19.2. The van der Waals surface area contributed by atoms with E-state index >= 15 is 4.39 Å². The fourth-order valence-corrected chi connectivity index (χ4v) is 7.34. The molecule has 15 heteroatoms. The molecule has 3 heterocycles. The molecular formula is C31H33FN6O7S. The lowest BCUT2D eigenvalue weighted by molar-refractivity contribution is -0.136. The summed E-state index contributed by atoms with van der Waals surface area (Å²) in [7, 11) is -4.32. The lowest BCUT2D eigenvalue weighted by atomic mass is 9.89. The first-order chi connectivity index (χ1) is 22.0. The summed E-state index contributed by atoms with van der Waals surface area (Å²) in [6.07, 6.45) is 2.65. The number of nitrogens with zero attached hydrogens (tertiary/aromatic N) is 2. The van der Waals surface area contributed by atoms with Crippen LogP contribution in [0.2, 0.25) is 0 Å². The second-order valence-electron chi connectivity index (χ2n) is 11.8. The van der Waals surface area contributed by atoms with Crippen molar-refractivity contribution in [1.29, 1.82) is 0 Å². The minimum absolute atomic E-state index is 0.0144. The number of nitrogens with one attached hydrogen (secondary N) is 4. The highest BCUT2D eigenvalue weighted by Crippen LogP contribution is 2.39. The smallest absolute Gasteiger partial charge is 0.326 e. The molecule has 6 rings (SSSR count). The van der Waals surface area contributed by atoms with Gasteiger partial charge < -0.3 is 15.7 Å². The second-order valence-corrected chi connectivity index (χ2v) is 13.4. The highest BCUT2D eigenvalue weighted by atomic mass is 32.2. The van der Waals surface area contributed by atoms with Gasteiger partial charge in [0.05, 0.1) is 12.5 Å². The highest BCUT2D eigenvalue weighted by molar-refractivity contribution is 7.92. The number of carbonyl (C=O) groups is 4.